The van der Waals surface area contributed by atoms with Crippen molar-refractivity contribution in [2.45, 2.75) is 19.3 Å². The van der Waals surface area contributed by atoms with Gasteiger partial charge in [0.05, 0.1) is 0 Å². The van der Waals surface area contributed by atoms with Gasteiger partial charge in [0, 0.05) is 12.5 Å². The zero-order chi connectivity index (χ0) is 7.56. The minimum Gasteiger partial charge on any atom is -0.316 e. The van der Waals surface area contributed by atoms with Gasteiger partial charge in [-0.3, -0.25) is 0 Å². The van der Waals surface area contributed by atoms with E-state index in [9.17, 15) is 8.78 Å². The summed E-state index contributed by atoms with van der Waals surface area (Å²) in [7, 11) is 0. The molecule has 1 saturated heterocycles. The number of nitrogens with one attached hydrogen (secondary N) is 1. The van der Waals surface area contributed by atoms with Gasteiger partial charge < -0.3 is 5.31 Å². The Morgan fingerprint density at radius 3 is 2.89 bits per heavy atom. The van der Waals surface area contributed by atoms with Gasteiger partial charge in [-0.15, -0.1) is 0 Å². The van der Waals surface area contributed by atoms with Gasteiger partial charge in [0.15, 0.2) is 0 Å². The number of alkyl halides is 2. The molecule has 1 atom stereocenters. The molecule has 9 heavy (non-hydrogen) atoms. The molecule has 1 heterocycles. The van der Waals surface area contributed by atoms with Gasteiger partial charge in [-0.25, -0.2) is 8.78 Å². The first-order valence-corrected chi connectivity index (χ1v) is 3.22. The largest absolute Gasteiger partial charge is 0.316 e. The normalized spacial score (nSPS) is 32.8. The maximum Gasteiger partial charge on any atom is 0.242 e. The van der Waals surface area contributed by atoms with Crippen molar-refractivity contribution in [3.05, 3.63) is 0 Å². The van der Waals surface area contributed by atoms with Crippen LogP contribution >= 0.6 is 0 Å². The molecule has 0 aliphatic carbocycles. The highest BCUT2D eigenvalue weighted by Gasteiger charge is 2.21. The summed E-state index contributed by atoms with van der Waals surface area (Å²) in [6, 6.07) is 0. The Morgan fingerprint density at radius 1 is 1.67 bits per heavy atom. The predicted molar refractivity (Wildman–Crippen MR) is 31.6 cm³/mol. The molecule has 0 aromatic carbocycles. The zero-order valence-corrected chi connectivity index (χ0v) is 5.19. The van der Waals surface area contributed by atoms with Gasteiger partial charge in [0.1, 0.15) is 1.41 Å². The summed E-state index contributed by atoms with van der Waals surface area (Å²) in [6.45, 7) is 0.876. The summed E-state index contributed by atoms with van der Waals surface area (Å²) < 4.78 is 31.1. The van der Waals surface area contributed by atoms with E-state index in [1.807, 2.05) is 0 Å². The molecule has 3 heteroatoms. The maximum atomic E-state index is 12.0. The topological polar surface area (TPSA) is 12.0 Å². The lowest BCUT2D eigenvalue weighted by molar-refractivity contribution is 0.0633. The van der Waals surface area contributed by atoms with E-state index in [0.717, 1.165) is 6.42 Å². The van der Waals surface area contributed by atoms with Crippen LogP contribution in [-0.4, -0.2) is 19.5 Å². The molecule has 1 N–H and O–H groups in total. The zero-order valence-electron chi connectivity index (χ0n) is 6.19. The molecule has 54 valence electrons. The molecular weight excluding hydrogens is 124 g/mol. The third-order valence-corrected chi connectivity index (χ3v) is 1.61. The van der Waals surface area contributed by atoms with Gasteiger partial charge >= 0.3 is 0 Å². The van der Waals surface area contributed by atoms with Gasteiger partial charge in [-0.1, -0.05) is 0 Å². The Kier molecular flexibility index (Phi) is 1.93. The number of hydrogen-bond acceptors (Lipinski definition) is 1. The first kappa shape index (κ1) is 5.59. The fourth-order valence-corrected chi connectivity index (χ4v) is 1.02. The Hall–Kier alpha value is -0.180. The highest BCUT2D eigenvalue weighted by Crippen LogP contribution is 2.17. The van der Waals surface area contributed by atoms with Crippen molar-refractivity contribution >= 4 is 0 Å². The van der Waals surface area contributed by atoms with Crippen LogP contribution in [0.5, 0.6) is 0 Å². The fourth-order valence-electron chi connectivity index (χ4n) is 1.02. The molecule has 0 aromatic heterocycles. The van der Waals surface area contributed by atoms with E-state index in [1.54, 1.807) is 0 Å². The maximum absolute atomic E-state index is 12.0. The number of rotatable bonds is 1. The first-order valence-electron chi connectivity index (χ1n) is 3.67. The number of piperidine rings is 1. The van der Waals surface area contributed by atoms with Crippen LogP contribution in [0.3, 0.4) is 0 Å². The molecular formula is C6H11F2N. The number of halogens is 2. The summed E-state index contributed by atoms with van der Waals surface area (Å²) in [5, 5.41) is 1.22. The predicted octanol–water partition coefficient (Wildman–Crippen LogP) is 1.25. The van der Waals surface area contributed by atoms with Gasteiger partial charge in [-0.2, -0.15) is 0 Å². The monoisotopic (exact) mass is 136 g/mol. The van der Waals surface area contributed by atoms with Crippen LogP contribution in [0.25, 0.3) is 0 Å². The lowest BCUT2D eigenvalue weighted by Gasteiger charge is -2.21. The summed E-state index contributed by atoms with van der Waals surface area (Å²) in [6.07, 6.45) is -0.931. The molecule has 0 unspecified atom stereocenters. The molecule has 0 bridgehead atoms. The van der Waals surface area contributed by atoms with Gasteiger partial charge in [0.2, 0.25) is 6.43 Å². The lowest BCUT2D eigenvalue weighted by Crippen LogP contribution is -2.33. The summed E-state index contributed by atoms with van der Waals surface area (Å²) in [4.78, 5) is 0. The van der Waals surface area contributed by atoms with Crippen LogP contribution in [0.2, 0.25) is 1.41 Å². The first-order chi connectivity index (χ1) is 4.70. The van der Waals surface area contributed by atoms with Crippen LogP contribution in [0.4, 0.5) is 8.78 Å². The second kappa shape index (κ2) is 3.11. The van der Waals surface area contributed by atoms with E-state index in [4.69, 9.17) is 1.41 Å². The van der Waals surface area contributed by atoms with Crippen molar-refractivity contribution in [1.82, 2.24) is 5.31 Å². The van der Waals surface area contributed by atoms with E-state index in [1.165, 1.54) is 5.31 Å². The quantitative estimate of drug-likeness (QED) is 0.572. The molecule has 1 aliphatic heterocycles. The SMILES string of the molecule is [2H]N1CCC[C@H](C(F)F)C1. The van der Waals surface area contributed by atoms with Crippen LogP contribution < -0.4 is 5.31 Å². The Balaban J connectivity index is 2.32. The number of hydrogen-bond donors (Lipinski definition) is 1. The van der Waals surface area contributed by atoms with Crippen molar-refractivity contribution < 1.29 is 10.2 Å². The van der Waals surface area contributed by atoms with Crippen LogP contribution in [0, 0.1) is 5.92 Å². The Labute approximate surface area is 54.9 Å². The van der Waals surface area contributed by atoms with E-state index in [0.29, 0.717) is 13.0 Å². The minimum absolute atomic E-state index is 0.234. The van der Waals surface area contributed by atoms with Crippen LogP contribution in [-0.2, 0) is 0 Å². The average molecular weight is 136 g/mol. The lowest BCUT2D eigenvalue weighted by atomic mass is 10.0. The molecule has 1 nitrogen and oxygen atoms in total. The Bertz CT molecular complexity index is 110. The molecule has 0 aromatic rings. The molecule has 1 aliphatic rings. The van der Waals surface area contributed by atoms with Crippen LogP contribution in [0.15, 0.2) is 0 Å². The third kappa shape index (κ3) is 1.90. The standard InChI is InChI=1S/C6H11F2N/c7-6(8)5-2-1-3-9-4-5/h5-6,9H,1-4H2/t5-/m0/s1/i/hD. The smallest absolute Gasteiger partial charge is 0.242 e. The molecule has 0 saturated carbocycles. The minimum atomic E-state index is -2.24. The second-order valence-electron chi connectivity index (χ2n) is 2.37. The highest BCUT2D eigenvalue weighted by atomic mass is 19.3. The third-order valence-electron chi connectivity index (χ3n) is 1.61. The van der Waals surface area contributed by atoms with E-state index in [-0.39, 0.29) is 6.54 Å². The van der Waals surface area contributed by atoms with Crippen LogP contribution in [0.1, 0.15) is 12.8 Å². The second-order valence-corrected chi connectivity index (χ2v) is 2.37. The molecule has 0 radical (unpaired) electrons. The fraction of sp³-hybridized carbons (Fsp3) is 1.00. The van der Waals surface area contributed by atoms with Gasteiger partial charge in [-0.05, 0) is 19.4 Å². The highest BCUT2D eigenvalue weighted by molar-refractivity contribution is 4.70. The van der Waals surface area contributed by atoms with E-state index in [2.05, 4.69) is 0 Å². The summed E-state index contributed by atoms with van der Waals surface area (Å²) in [5.74, 6) is -0.564. The van der Waals surface area contributed by atoms with E-state index >= 15 is 0 Å². The molecule has 1 rings (SSSR count). The molecule has 0 spiro atoms. The average Bonchev–Trinajstić information content (AvgIpc) is 1.88. The molecule has 0 amide bonds. The van der Waals surface area contributed by atoms with Crippen molar-refractivity contribution in [2.24, 2.45) is 5.92 Å². The van der Waals surface area contributed by atoms with Gasteiger partial charge in [0.25, 0.3) is 0 Å². The van der Waals surface area contributed by atoms with Crippen molar-refractivity contribution in [1.29, 1.82) is 0 Å². The van der Waals surface area contributed by atoms with Crippen molar-refractivity contribution in [3.63, 3.8) is 0 Å². The molecule has 1 fully saturated rings. The summed E-state index contributed by atoms with van der Waals surface area (Å²) >= 11 is 0. The van der Waals surface area contributed by atoms with Crippen molar-refractivity contribution in [3.8, 4) is 0 Å². The van der Waals surface area contributed by atoms with E-state index < -0.39 is 12.3 Å². The Morgan fingerprint density at radius 2 is 2.44 bits per heavy atom. The summed E-state index contributed by atoms with van der Waals surface area (Å²) in [5.41, 5.74) is 0. The van der Waals surface area contributed by atoms with Crippen molar-refractivity contribution in [2.75, 3.05) is 13.1 Å².